The van der Waals surface area contributed by atoms with E-state index in [9.17, 15) is 13.2 Å². The Kier molecular flexibility index (Phi) is 5.78. The van der Waals surface area contributed by atoms with Gasteiger partial charge in [0.15, 0.2) is 11.5 Å². The van der Waals surface area contributed by atoms with Gasteiger partial charge in [0.2, 0.25) is 22.7 Å². The first-order valence-electron chi connectivity index (χ1n) is 9.91. The van der Waals surface area contributed by atoms with E-state index in [1.165, 1.54) is 18.2 Å². The molecule has 2 aliphatic rings. The van der Waals surface area contributed by atoms with Crippen LogP contribution in [0.15, 0.2) is 53.4 Å². The number of anilines is 1. The highest BCUT2D eigenvalue weighted by atomic mass is 32.2. The van der Waals surface area contributed by atoms with Crippen molar-refractivity contribution in [2.75, 3.05) is 25.2 Å². The van der Waals surface area contributed by atoms with Crippen molar-refractivity contribution < 1.29 is 22.7 Å². The zero-order valence-electron chi connectivity index (χ0n) is 16.7. The van der Waals surface area contributed by atoms with Crippen LogP contribution in [0.5, 0.6) is 11.5 Å². The molecule has 0 aromatic heterocycles. The minimum absolute atomic E-state index is 0.200. The highest BCUT2D eigenvalue weighted by Crippen LogP contribution is 2.32. The number of sulfonamides is 1. The lowest BCUT2D eigenvalue weighted by atomic mass is 10.0. The molecule has 1 fully saturated rings. The molecular weight excluding hydrogens is 404 g/mol. The van der Waals surface area contributed by atoms with Crippen LogP contribution in [0.2, 0.25) is 0 Å². The number of carbonyl (C=O) groups excluding carboxylic acids is 1. The molecule has 158 valence electrons. The number of rotatable bonds is 5. The minimum atomic E-state index is -3.51. The van der Waals surface area contributed by atoms with Gasteiger partial charge in [-0.05, 0) is 66.8 Å². The number of carbonyl (C=O) groups is 1. The fourth-order valence-corrected chi connectivity index (χ4v) is 5.19. The van der Waals surface area contributed by atoms with Crippen LogP contribution < -0.4 is 14.8 Å². The predicted octanol–water partition coefficient (Wildman–Crippen LogP) is 3.49. The maximum atomic E-state index is 12.8. The normalized spacial score (nSPS) is 19.2. The standard InChI is InChI=1S/C22H24N2O5S/c1-16-3-2-12-24(14-16)30(26,27)19-8-6-18(7-9-19)23-22(25)11-5-17-4-10-20-21(13-17)29-15-28-20/h4-11,13,16H,2-3,12,14-15H2,1H3,(H,23,25)/b11-5+. The molecule has 0 saturated carbocycles. The molecule has 0 radical (unpaired) electrons. The smallest absolute Gasteiger partial charge is 0.248 e. The average molecular weight is 429 g/mol. The lowest BCUT2D eigenvalue weighted by Gasteiger charge is -2.30. The summed E-state index contributed by atoms with van der Waals surface area (Å²) in [5, 5.41) is 2.74. The van der Waals surface area contributed by atoms with Crippen LogP contribution in [0, 0.1) is 5.92 Å². The predicted molar refractivity (Wildman–Crippen MR) is 114 cm³/mol. The second kappa shape index (κ2) is 8.49. The van der Waals surface area contributed by atoms with Crippen LogP contribution in [0.25, 0.3) is 6.08 Å². The van der Waals surface area contributed by atoms with E-state index in [0.717, 1.165) is 18.4 Å². The topological polar surface area (TPSA) is 84.9 Å². The summed E-state index contributed by atoms with van der Waals surface area (Å²) in [6.45, 7) is 3.37. The zero-order chi connectivity index (χ0) is 21.1. The van der Waals surface area contributed by atoms with Crippen LogP contribution >= 0.6 is 0 Å². The summed E-state index contributed by atoms with van der Waals surface area (Å²) in [6, 6.07) is 11.7. The Morgan fingerprint density at radius 3 is 2.67 bits per heavy atom. The fourth-order valence-electron chi connectivity index (χ4n) is 3.60. The minimum Gasteiger partial charge on any atom is -0.454 e. The average Bonchev–Trinajstić information content (AvgIpc) is 3.20. The quantitative estimate of drug-likeness (QED) is 0.737. The Labute approximate surface area is 176 Å². The third-order valence-corrected chi connectivity index (χ3v) is 7.08. The summed E-state index contributed by atoms with van der Waals surface area (Å²) >= 11 is 0. The van der Waals surface area contributed by atoms with Gasteiger partial charge in [0, 0.05) is 24.9 Å². The van der Waals surface area contributed by atoms with Crippen LogP contribution in [-0.4, -0.2) is 38.5 Å². The SMILES string of the molecule is CC1CCCN(S(=O)(=O)c2ccc(NC(=O)/C=C/c3ccc4c(c3)OCO4)cc2)C1. The number of piperidine rings is 1. The van der Waals surface area contributed by atoms with Crippen molar-refractivity contribution in [1.29, 1.82) is 0 Å². The molecule has 1 unspecified atom stereocenters. The largest absolute Gasteiger partial charge is 0.454 e. The van der Waals surface area contributed by atoms with Crippen molar-refractivity contribution >= 4 is 27.7 Å². The molecule has 4 rings (SSSR count). The molecule has 2 aromatic carbocycles. The van der Waals surface area contributed by atoms with Gasteiger partial charge in [-0.3, -0.25) is 4.79 Å². The van der Waals surface area contributed by atoms with Gasteiger partial charge >= 0.3 is 0 Å². The fraction of sp³-hybridized carbons (Fsp3) is 0.318. The Morgan fingerprint density at radius 1 is 1.13 bits per heavy atom. The molecule has 30 heavy (non-hydrogen) atoms. The molecule has 1 atom stereocenters. The first kappa shape index (κ1) is 20.4. The summed E-state index contributed by atoms with van der Waals surface area (Å²) in [7, 11) is -3.51. The molecular formula is C22H24N2O5S. The highest BCUT2D eigenvalue weighted by molar-refractivity contribution is 7.89. The van der Waals surface area contributed by atoms with Crippen molar-refractivity contribution in [3.63, 3.8) is 0 Å². The lowest BCUT2D eigenvalue weighted by molar-refractivity contribution is -0.111. The van der Waals surface area contributed by atoms with Gasteiger partial charge < -0.3 is 14.8 Å². The van der Waals surface area contributed by atoms with E-state index in [1.54, 1.807) is 34.6 Å². The highest BCUT2D eigenvalue weighted by Gasteiger charge is 2.28. The zero-order valence-corrected chi connectivity index (χ0v) is 17.5. The van der Waals surface area contributed by atoms with Crippen molar-refractivity contribution in [3.8, 4) is 11.5 Å². The van der Waals surface area contributed by atoms with Gasteiger partial charge in [-0.15, -0.1) is 0 Å². The van der Waals surface area contributed by atoms with Gasteiger partial charge in [0.1, 0.15) is 0 Å². The molecule has 1 amide bonds. The van der Waals surface area contributed by atoms with Crippen molar-refractivity contribution in [2.45, 2.75) is 24.7 Å². The van der Waals surface area contributed by atoms with E-state index in [4.69, 9.17) is 9.47 Å². The molecule has 0 aliphatic carbocycles. The lowest BCUT2D eigenvalue weighted by Crippen LogP contribution is -2.39. The Hall–Kier alpha value is -2.84. The number of fused-ring (bicyclic) bond motifs is 1. The second-order valence-electron chi connectivity index (χ2n) is 7.57. The monoisotopic (exact) mass is 428 g/mol. The van der Waals surface area contributed by atoms with E-state index in [1.807, 2.05) is 6.07 Å². The molecule has 1 saturated heterocycles. The van der Waals surface area contributed by atoms with Crippen molar-refractivity contribution in [2.24, 2.45) is 5.92 Å². The summed E-state index contributed by atoms with van der Waals surface area (Å²) in [6.07, 6.45) is 5.02. The van der Waals surface area contributed by atoms with E-state index >= 15 is 0 Å². The van der Waals surface area contributed by atoms with Crippen LogP contribution in [0.3, 0.4) is 0 Å². The summed E-state index contributed by atoms with van der Waals surface area (Å²) in [5.41, 5.74) is 1.34. The second-order valence-corrected chi connectivity index (χ2v) is 9.51. The molecule has 0 spiro atoms. The van der Waals surface area contributed by atoms with Crippen LogP contribution in [0.1, 0.15) is 25.3 Å². The van der Waals surface area contributed by atoms with Gasteiger partial charge in [-0.2, -0.15) is 4.31 Å². The first-order chi connectivity index (χ1) is 14.4. The number of amides is 1. The van der Waals surface area contributed by atoms with Crippen molar-refractivity contribution in [3.05, 3.63) is 54.1 Å². The van der Waals surface area contributed by atoms with Crippen LogP contribution in [-0.2, 0) is 14.8 Å². The number of hydrogen-bond acceptors (Lipinski definition) is 5. The van der Waals surface area contributed by atoms with E-state index in [0.29, 0.717) is 36.2 Å². The van der Waals surface area contributed by atoms with E-state index in [2.05, 4.69) is 12.2 Å². The van der Waals surface area contributed by atoms with Gasteiger partial charge in [0.25, 0.3) is 0 Å². The third kappa shape index (κ3) is 4.49. The maximum absolute atomic E-state index is 12.8. The number of nitrogens with zero attached hydrogens (tertiary/aromatic N) is 1. The van der Waals surface area contributed by atoms with Crippen LogP contribution in [0.4, 0.5) is 5.69 Å². The summed E-state index contributed by atoms with van der Waals surface area (Å²) in [5.74, 6) is 1.39. The van der Waals surface area contributed by atoms with Crippen molar-refractivity contribution in [1.82, 2.24) is 4.31 Å². The number of hydrogen-bond donors (Lipinski definition) is 1. The molecule has 8 heteroatoms. The molecule has 1 N–H and O–H groups in total. The van der Waals surface area contributed by atoms with Gasteiger partial charge in [-0.25, -0.2) is 8.42 Å². The molecule has 2 aromatic rings. The number of nitrogens with one attached hydrogen (secondary N) is 1. The van der Waals surface area contributed by atoms with E-state index < -0.39 is 10.0 Å². The Morgan fingerprint density at radius 2 is 1.90 bits per heavy atom. The summed E-state index contributed by atoms with van der Waals surface area (Å²) < 4.78 is 37.8. The third-order valence-electron chi connectivity index (χ3n) is 5.20. The Balaban J connectivity index is 1.39. The number of benzene rings is 2. The molecule has 2 heterocycles. The van der Waals surface area contributed by atoms with Gasteiger partial charge in [-0.1, -0.05) is 13.0 Å². The number of ether oxygens (including phenoxy) is 2. The first-order valence-corrected chi connectivity index (χ1v) is 11.3. The molecule has 7 nitrogen and oxygen atoms in total. The molecule has 2 aliphatic heterocycles. The Bertz CT molecular complexity index is 1060. The maximum Gasteiger partial charge on any atom is 0.248 e. The van der Waals surface area contributed by atoms with Gasteiger partial charge in [0.05, 0.1) is 4.90 Å². The van der Waals surface area contributed by atoms with E-state index in [-0.39, 0.29) is 17.6 Å². The summed E-state index contributed by atoms with van der Waals surface area (Å²) in [4.78, 5) is 12.4. The molecule has 0 bridgehead atoms.